The maximum absolute atomic E-state index is 7.35. The number of nitrogens with one attached hydrogen (secondary N) is 2. The van der Waals surface area contributed by atoms with Gasteiger partial charge in [-0.1, -0.05) is 12.1 Å². The van der Waals surface area contributed by atoms with Crippen LogP contribution >= 0.6 is 0 Å². The first kappa shape index (κ1) is 12.0. The van der Waals surface area contributed by atoms with E-state index in [9.17, 15) is 0 Å². The zero-order chi connectivity index (χ0) is 12.3. The van der Waals surface area contributed by atoms with Gasteiger partial charge in [-0.3, -0.25) is 5.41 Å². The van der Waals surface area contributed by atoms with E-state index in [2.05, 4.69) is 29.6 Å². The lowest BCUT2D eigenvalue weighted by Gasteiger charge is -2.12. The molecule has 0 spiro atoms. The van der Waals surface area contributed by atoms with E-state index in [1.165, 1.54) is 24.8 Å². The number of amidine groups is 1. The van der Waals surface area contributed by atoms with Gasteiger partial charge in [0.15, 0.2) is 0 Å². The summed E-state index contributed by atoms with van der Waals surface area (Å²) in [7, 11) is 1.94. The van der Waals surface area contributed by atoms with Gasteiger partial charge < -0.3 is 11.1 Å². The van der Waals surface area contributed by atoms with Gasteiger partial charge in [-0.05, 0) is 48.8 Å². The van der Waals surface area contributed by atoms with Crippen molar-refractivity contribution in [3.05, 3.63) is 29.8 Å². The Balaban J connectivity index is 1.97. The van der Waals surface area contributed by atoms with E-state index in [0.717, 1.165) is 12.1 Å². The molecule has 2 unspecified atom stereocenters. The van der Waals surface area contributed by atoms with Crippen LogP contribution < -0.4 is 11.1 Å². The van der Waals surface area contributed by atoms with Crippen molar-refractivity contribution in [2.24, 2.45) is 11.7 Å². The normalized spacial score (nSPS) is 23.6. The first-order valence-corrected chi connectivity index (χ1v) is 6.29. The average Bonchev–Trinajstić information content (AvgIpc) is 2.77. The Hall–Kier alpha value is -1.51. The van der Waals surface area contributed by atoms with Crippen LogP contribution in [-0.4, -0.2) is 12.9 Å². The molecule has 1 aromatic rings. The van der Waals surface area contributed by atoms with E-state index in [0.29, 0.717) is 17.7 Å². The molecule has 2 atom stereocenters. The Kier molecular flexibility index (Phi) is 3.67. The van der Waals surface area contributed by atoms with Crippen molar-refractivity contribution in [2.45, 2.75) is 31.6 Å². The second kappa shape index (κ2) is 5.21. The monoisotopic (exact) mass is 231 g/mol. The second-order valence-corrected chi connectivity index (χ2v) is 4.98. The highest BCUT2D eigenvalue weighted by atomic mass is 14.8. The SMILES string of the molecule is CNc1ccc(C2CCC(CC(=N)N)C2)cc1. The molecule has 1 fully saturated rings. The summed E-state index contributed by atoms with van der Waals surface area (Å²) in [5.41, 5.74) is 8.05. The highest BCUT2D eigenvalue weighted by Gasteiger charge is 2.26. The van der Waals surface area contributed by atoms with Gasteiger partial charge >= 0.3 is 0 Å². The van der Waals surface area contributed by atoms with E-state index in [-0.39, 0.29) is 0 Å². The molecular formula is C14H21N3. The second-order valence-electron chi connectivity index (χ2n) is 4.98. The first-order valence-electron chi connectivity index (χ1n) is 6.29. The summed E-state index contributed by atoms with van der Waals surface area (Å²) in [6.45, 7) is 0. The minimum atomic E-state index is 0.334. The third-order valence-electron chi connectivity index (χ3n) is 3.72. The number of benzene rings is 1. The fourth-order valence-corrected chi connectivity index (χ4v) is 2.80. The highest BCUT2D eigenvalue weighted by molar-refractivity contribution is 5.77. The summed E-state index contributed by atoms with van der Waals surface area (Å²) in [6, 6.07) is 8.70. The van der Waals surface area contributed by atoms with Gasteiger partial charge in [-0.2, -0.15) is 0 Å². The van der Waals surface area contributed by atoms with Crippen molar-refractivity contribution >= 4 is 11.5 Å². The van der Waals surface area contributed by atoms with E-state index in [1.807, 2.05) is 7.05 Å². The third kappa shape index (κ3) is 2.99. The Labute approximate surface area is 103 Å². The quantitative estimate of drug-likeness (QED) is 0.551. The lowest BCUT2D eigenvalue weighted by atomic mass is 9.95. The molecule has 0 heterocycles. The fourth-order valence-electron chi connectivity index (χ4n) is 2.80. The molecule has 0 radical (unpaired) electrons. The Morgan fingerprint density at radius 2 is 2.06 bits per heavy atom. The molecule has 17 heavy (non-hydrogen) atoms. The average molecular weight is 231 g/mol. The van der Waals surface area contributed by atoms with Crippen molar-refractivity contribution in [1.29, 1.82) is 5.41 Å². The summed E-state index contributed by atoms with van der Waals surface area (Å²) in [5, 5.41) is 10.5. The minimum Gasteiger partial charge on any atom is -0.388 e. The summed E-state index contributed by atoms with van der Waals surface area (Å²) in [4.78, 5) is 0. The molecule has 2 rings (SSSR count). The molecule has 1 aliphatic carbocycles. The number of nitrogens with two attached hydrogens (primary N) is 1. The van der Waals surface area contributed by atoms with Crippen molar-refractivity contribution in [3.8, 4) is 0 Å². The lowest BCUT2D eigenvalue weighted by Crippen LogP contribution is -2.13. The topological polar surface area (TPSA) is 61.9 Å². The van der Waals surface area contributed by atoms with Crippen LogP contribution in [0.3, 0.4) is 0 Å². The van der Waals surface area contributed by atoms with Crippen LogP contribution in [0, 0.1) is 11.3 Å². The lowest BCUT2D eigenvalue weighted by molar-refractivity contribution is 0.558. The molecule has 92 valence electrons. The van der Waals surface area contributed by atoms with Crippen molar-refractivity contribution < 1.29 is 0 Å². The van der Waals surface area contributed by atoms with Gasteiger partial charge in [0.05, 0.1) is 5.84 Å². The van der Waals surface area contributed by atoms with Crippen LogP contribution in [0.5, 0.6) is 0 Å². The van der Waals surface area contributed by atoms with Gasteiger partial charge in [0.1, 0.15) is 0 Å². The highest BCUT2D eigenvalue weighted by Crippen LogP contribution is 2.39. The van der Waals surface area contributed by atoms with E-state index >= 15 is 0 Å². The van der Waals surface area contributed by atoms with Crippen LogP contribution in [0.1, 0.15) is 37.2 Å². The molecule has 3 heteroatoms. The third-order valence-corrected chi connectivity index (χ3v) is 3.72. The summed E-state index contributed by atoms with van der Waals surface area (Å²) < 4.78 is 0. The van der Waals surface area contributed by atoms with E-state index < -0.39 is 0 Å². The minimum absolute atomic E-state index is 0.334. The molecule has 4 N–H and O–H groups in total. The molecule has 1 aliphatic rings. The molecule has 1 saturated carbocycles. The van der Waals surface area contributed by atoms with Crippen molar-refractivity contribution in [2.75, 3.05) is 12.4 Å². The van der Waals surface area contributed by atoms with Crippen LogP contribution in [0.4, 0.5) is 5.69 Å². The molecule has 1 aromatic carbocycles. The van der Waals surface area contributed by atoms with Gasteiger partial charge in [-0.25, -0.2) is 0 Å². The zero-order valence-corrected chi connectivity index (χ0v) is 10.4. The van der Waals surface area contributed by atoms with Crippen LogP contribution in [-0.2, 0) is 0 Å². The number of rotatable bonds is 4. The molecular weight excluding hydrogens is 210 g/mol. The summed E-state index contributed by atoms with van der Waals surface area (Å²) in [6.07, 6.45) is 4.39. The molecule has 0 bridgehead atoms. The predicted molar refractivity (Wildman–Crippen MR) is 72.6 cm³/mol. The standard InChI is InChI=1S/C14H21N3/c1-17-13-6-4-11(5-7-13)12-3-2-10(8-12)9-14(15)16/h4-7,10,12,17H,2-3,8-9H2,1H3,(H3,15,16). The van der Waals surface area contributed by atoms with Crippen molar-refractivity contribution in [3.63, 3.8) is 0 Å². The van der Waals surface area contributed by atoms with Crippen LogP contribution in [0.2, 0.25) is 0 Å². The van der Waals surface area contributed by atoms with Gasteiger partial charge in [-0.15, -0.1) is 0 Å². The molecule has 0 saturated heterocycles. The number of anilines is 1. The Bertz CT molecular complexity index is 383. The summed E-state index contributed by atoms with van der Waals surface area (Å²) in [5.74, 6) is 1.60. The predicted octanol–water partition coefficient (Wildman–Crippen LogP) is 2.94. The molecule has 0 amide bonds. The molecule has 3 nitrogen and oxygen atoms in total. The van der Waals surface area contributed by atoms with Gasteiger partial charge in [0.25, 0.3) is 0 Å². The van der Waals surface area contributed by atoms with E-state index in [4.69, 9.17) is 11.1 Å². The first-order chi connectivity index (χ1) is 8.19. The zero-order valence-electron chi connectivity index (χ0n) is 10.4. The smallest absolute Gasteiger partial charge is 0.0908 e. The Morgan fingerprint density at radius 1 is 1.35 bits per heavy atom. The summed E-state index contributed by atoms with van der Waals surface area (Å²) >= 11 is 0. The van der Waals surface area contributed by atoms with Gasteiger partial charge in [0, 0.05) is 19.2 Å². The fraction of sp³-hybridized carbons (Fsp3) is 0.500. The number of hydrogen-bond donors (Lipinski definition) is 3. The van der Waals surface area contributed by atoms with E-state index in [1.54, 1.807) is 0 Å². The Morgan fingerprint density at radius 3 is 2.65 bits per heavy atom. The molecule has 0 aromatic heterocycles. The van der Waals surface area contributed by atoms with Gasteiger partial charge in [0.2, 0.25) is 0 Å². The maximum Gasteiger partial charge on any atom is 0.0908 e. The van der Waals surface area contributed by atoms with Crippen molar-refractivity contribution in [1.82, 2.24) is 0 Å². The largest absolute Gasteiger partial charge is 0.388 e. The van der Waals surface area contributed by atoms with Crippen LogP contribution in [0.25, 0.3) is 0 Å². The molecule has 0 aliphatic heterocycles. The maximum atomic E-state index is 7.35. The number of hydrogen-bond acceptors (Lipinski definition) is 2. The van der Waals surface area contributed by atoms with Crippen LogP contribution in [0.15, 0.2) is 24.3 Å².